The molecule has 0 bridgehead atoms. The lowest BCUT2D eigenvalue weighted by atomic mass is 10.2. The topological polar surface area (TPSA) is 109 Å². The fourth-order valence-corrected chi connectivity index (χ4v) is 3.85. The molecule has 3 rings (SSSR count). The number of anilines is 3. The van der Waals surface area contributed by atoms with Gasteiger partial charge in [-0.1, -0.05) is 12.1 Å². The molecule has 0 spiro atoms. The molecule has 0 fully saturated rings. The fraction of sp³-hybridized carbons (Fsp3) is 0.250. The van der Waals surface area contributed by atoms with Gasteiger partial charge < -0.3 is 10.6 Å². The van der Waals surface area contributed by atoms with Gasteiger partial charge in [-0.25, -0.2) is 32.5 Å². The predicted molar refractivity (Wildman–Crippen MR) is 115 cm³/mol. The van der Waals surface area contributed by atoms with Gasteiger partial charge in [0.15, 0.2) is 0 Å². The van der Waals surface area contributed by atoms with Crippen LogP contribution in [0.15, 0.2) is 48.7 Å². The van der Waals surface area contributed by atoms with E-state index in [4.69, 9.17) is 0 Å². The number of sulfonamides is 1. The molecule has 8 nitrogen and oxygen atoms in total. The summed E-state index contributed by atoms with van der Waals surface area (Å²) >= 11 is 0. The van der Waals surface area contributed by atoms with Crippen molar-refractivity contribution in [2.75, 3.05) is 23.7 Å². The molecule has 0 amide bonds. The van der Waals surface area contributed by atoms with E-state index >= 15 is 0 Å². The molecule has 3 N–H and O–H groups in total. The largest absolute Gasteiger partial charge is 0.369 e. The summed E-state index contributed by atoms with van der Waals surface area (Å²) in [5.74, 6) is 1.77. The molecule has 0 aliphatic heterocycles. The summed E-state index contributed by atoms with van der Waals surface area (Å²) in [7, 11) is -3.53. The van der Waals surface area contributed by atoms with E-state index in [0.717, 1.165) is 5.56 Å². The molecular weight excluding hydrogens is 407 g/mol. The highest BCUT2D eigenvalue weighted by molar-refractivity contribution is 7.88. The number of halogens is 1. The van der Waals surface area contributed by atoms with Crippen molar-refractivity contribution in [3.63, 3.8) is 0 Å². The maximum atomic E-state index is 12.9. The number of aromatic nitrogens is 3. The average Bonchev–Trinajstić information content (AvgIpc) is 2.67. The van der Waals surface area contributed by atoms with Crippen LogP contribution in [0.25, 0.3) is 0 Å². The maximum Gasteiger partial charge on any atom is 0.215 e. The normalized spacial score (nSPS) is 11.3. The molecule has 10 heteroatoms. The van der Waals surface area contributed by atoms with Crippen molar-refractivity contribution in [3.8, 4) is 0 Å². The van der Waals surface area contributed by atoms with Crippen LogP contribution < -0.4 is 15.4 Å². The minimum absolute atomic E-state index is 0.175. The van der Waals surface area contributed by atoms with Crippen molar-refractivity contribution in [1.82, 2.24) is 19.7 Å². The van der Waals surface area contributed by atoms with Gasteiger partial charge in [0.2, 0.25) is 10.0 Å². The average molecular weight is 431 g/mol. The predicted octanol–water partition coefficient (Wildman–Crippen LogP) is 2.90. The monoisotopic (exact) mass is 430 g/mol. The van der Waals surface area contributed by atoms with Crippen LogP contribution in [0.5, 0.6) is 0 Å². The third-order valence-corrected chi connectivity index (χ3v) is 5.39. The molecule has 30 heavy (non-hydrogen) atoms. The SMILES string of the molecule is Cc1ccnc(Nc2cc(NCCNS(=O)(=O)Cc3ccc(F)cc3)nc(C)n2)c1. The fourth-order valence-electron chi connectivity index (χ4n) is 2.71. The quantitative estimate of drug-likeness (QED) is 0.448. The number of nitrogens with zero attached hydrogens (tertiary/aromatic N) is 3. The molecule has 0 atom stereocenters. The Hall–Kier alpha value is -3.11. The highest BCUT2D eigenvalue weighted by Crippen LogP contribution is 2.16. The first-order valence-electron chi connectivity index (χ1n) is 9.30. The summed E-state index contributed by atoms with van der Waals surface area (Å²) in [5, 5.41) is 6.21. The third kappa shape index (κ3) is 6.75. The van der Waals surface area contributed by atoms with Crippen LogP contribution in [-0.4, -0.2) is 36.5 Å². The number of nitrogens with one attached hydrogen (secondary N) is 3. The van der Waals surface area contributed by atoms with Crippen molar-refractivity contribution < 1.29 is 12.8 Å². The molecule has 0 radical (unpaired) electrons. The van der Waals surface area contributed by atoms with Crippen LogP contribution in [0.3, 0.4) is 0 Å². The van der Waals surface area contributed by atoms with Crippen molar-refractivity contribution >= 4 is 27.5 Å². The van der Waals surface area contributed by atoms with Crippen molar-refractivity contribution in [2.45, 2.75) is 19.6 Å². The Kier molecular flexibility index (Phi) is 6.91. The minimum Gasteiger partial charge on any atom is -0.369 e. The van der Waals surface area contributed by atoms with Gasteiger partial charge in [0.05, 0.1) is 5.75 Å². The standard InChI is InChI=1S/C20H23FN6O2S/c1-14-7-8-22-18(11-14)27-20-12-19(25-15(2)26-20)23-9-10-24-30(28,29)13-16-3-5-17(21)6-4-16/h3-8,11-12,24H,9-10,13H2,1-2H3,(H2,22,23,25,26,27). The molecule has 2 heterocycles. The maximum absolute atomic E-state index is 12.9. The molecule has 0 saturated heterocycles. The lowest BCUT2D eigenvalue weighted by molar-refractivity contribution is 0.581. The van der Waals surface area contributed by atoms with Crippen molar-refractivity contribution in [2.24, 2.45) is 0 Å². The zero-order chi connectivity index (χ0) is 21.6. The van der Waals surface area contributed by atoms with Gasteiger partial charge in [-0.3, -0.25) is 0 Å². The molecule has 0 aliphatic carbocycles. The van der Waals surface area contributed by atoms with Crippen LogP contribution in [0.1, 0.15) is 17.0 Å². The lowest BCUT2D eigenvalue weighted by Crippen LogP contribution is -2.30. The van der Waals surface area contributed by atoms with Gasteiger partial charge in [-0.15, -0.1) is 0 Å². The summed E-state index contributed by atoms with van der Waals surface area (Å²) in [6, 6.07) is 10.9. The second-order valence-corrected chi connectivity index (χ2v) is 8.54. The first-order valence-corrected chi connectivity index (χ1v) is 11.0. The summed E-state index contributed by atoms with van der Waals surface area (Å²) in [5.41, 5.74) is 1.59. The van der Waals surface area contributed by atoms with Gasteiger partial charge in [0.25, 0.3) is 0 Å². The first-order chi connectivity index (χ1) is 14.3. The van der Waals surface area contributed by atoms with E-state index in [1.54, 1.807) is 19.2 Å². The number of rotatable bonds is 9. The van der Waals surface area contributed by atoms with Gasteiger partial charge in [-0.2, -0.15) is 0 Å². The first kappa shape index (κ1) is 21.6. The van der Waals surface area contributed by atoms with E-state index in [1.165, 1.54) is 24.3 Å². The molecule has 0 saturated carbocycles. The zero-order valence-electron chi connectivity index (χ0n) is 16.7. The van der Waals surface area contributed by atoms with E-state index in [1.807, 2.05) is 19.1 Å². The molecule has 1 aromatic carbocycles. The van der Waals surface area contributed by atoms with Gasteiger partial charge in [-0.05, 0) is 49.2 Å². The Morgan fingerprint density at radius 2 is 1.67 bits per heavy atom. The Morgan fingerprint density at radius 1 is 0.933 bits per heavy atom. The summed E-state index contributed by atoms with van der Waals surface area (Å²) < 4.78 is 39.8. The Balaban J connectivity index is 1.53. The molecule has 3 aromatic rings. The van der Waals surface area contributed by atoms with Gasteiger partial charge in [0, 0.05) is 25.4 Å². The van der Waals surface area contributed by atoms with E-state index in [-0.39, 0.29) is 12.3 Å². The van der Waals surface area contributed by atoms with Crippen LogP contribution in [-0.2, 0) is 15.8 Å². The summed E-state index contributed by atoms with van der Waals surface area (Å²) in [4.78, 5) is 12.9. The van der Waals surface area contributed by atoms with Gasteiger partial charge >= 0.3 is 0 Å². The number of pyridine rings is 1. The second kappa shape index (κ2) is 9.59. The van der Waals surface area contributed by atoms with E-state index in [2.05, 4.69) is 30.3 Å². The van der Waals surface area contributed by atoms with E-state index in [9.17, 15) is 12.8 Å². The van der Waals surface area contributed by atoms with Crippen molar-refractivity contribution in [1.29, 1.82) is 0 Å². The van der Waals surface area contributed by atoms with E-state index < -0.39 is 15.8 Å². The minimum atomic E-state index is -3.53. The zero-order valence-corrected chi connectivity index (χ0v) is 17.5. The highest BCUT2D eigenvalue weighted by Gasteiger charge is 2.11. The lowest BCUT2D eigenvalue weighted by Gasteiger charge is -2.11. The summed E-state index contributed by atoms with van der Waals surface area (Å²) in [6.45, 7) is 4.25. The van der Waals surface area contributed by atoms with Crippen LogP contribution in [0.4, 0.5) is 21.8 Å². The highest BCUT2D eigenvalue weighted by atomic mass is 32.2. The number of hydrogen-bond donors (Lipinski definition) is 3. The van der Waals surface area contributed by atoms with Crippen LogP contribution >= 0.6 is 0 Å². The number of aryl methyl sites for hydroxylation is 2. The summed E-state index contributed by atoms with van der Waals surface area (Å²) in [6.07, 6.45) is 1.71. The number of benzene rings is 1. The van der Waals surface area contributed by atoms with E-state index in [0.29, 0.717) is 35.4 Å². The van der Waals surface area contributed by atoms with Gasteiger partial charge in [0.1, 0.15) is 29.1 Å². The van der Waals surface area contributed by atoms with Crippen LogP contribution in [0.2, 0.25) is 0 Å². The Bertz CT molecular complexity index is 1110. The Labute approximate surface area is 175 Å². The molecular formula is C20H23FN6O2S. The third-order valence-electron chi connectivity index (χ3n) is 4.03. The molecule has 2 aromatic heterocycles. The smallest absolute Gasteiger partial charge is 0.215 e. The Morgan fingerprint density at radius 3 is 2.40 bits per heavy atom. The molecule has 158 valence electrons. The second-order valence-electron chi connectivity index (χ2n) is 6.74. The molecule has 0 aliphatic rings. The number of hydrogen-bond acceptors (Lipinski definition) is 7. The van der Waals surface area contributed by atoms with Crippen molar-refractivity contribution in [3.05, 3.63) is 71.4 Å². The molecule has 0 unspecified atom stereocenters. The van der Waals surface area contributed by atoms with Crippen LogP contribution in [0, 0.1) is 19.7 Å².